The number of alkyl halides is 3. The molecule has 0 aliphatic carbocycles. The van der Waals surface area contributed by atoms with Gasteiger partial charge in [0.15, 0.2) is 6.61 Å². The maximum atomic E-state index is 11.9. The van der Waals surface area contributed by atoms with Gasteiger partial charge < -0.3 is 19.7 Å². The lowest BCUT2D eigenvalue weighted by Gasteiger charge is -2.33. The molecule has 0 bridgehead atoms. The van der Waals surface area contributed by atoms with E-state index >= 15 is 0 Å². The molecule has 0 radical (unpaired) electrons. The van der Waals surface area contributed by atoms with E-state index in [1.54, 1.807) is 0 Å². The fourth-order valence-electron chi connectivity index (χ4n) is 2.71. The number of piperidine rings is 1. The van der Waals surface area contributed by atoms with Gasteiger partial charge in [-0.2, -0.15) is 13.2 Å². The number of nitrogens with zero attached hydrogens (tertiary/aromatic N) is 1. The molecule has 2 saturated heterocycles. The van der Waals surface area contributed by atoms with Crippen LogP contribution in [0.3, 0.4) is 0 Å². The summed E-state index contributed by atoms with van der Waals surface area (Å²) in [6.45, 7) is 2.75. The summed E-state index contributed by atoms with van der Waals surface area (Å²) in [6.07, 6.45) is -2.93. The topological polar surface area (TPSA) is 50.8 Å². The van der Waals surface area contributed by atoms with Crippen LogP contribution >= 0.6 is 0 Å². The Hall–Kier alpha value is -1.02. The summed E-state index contributed by atoms with van der Waals surface area (Å²) in [5, 5.41) is 2.49. The molecule has 0 aromatic rings. The van der Waals surface area contributed by atoms with Gasteiger partial charge in [0, 0.05) is 32.3 Å². The van der Waals surface area contributed by atoms with Gasteiger partial charge in [0.25, 0.3) is 0 Å². The Kier molecular flexibility index (Phi) is 5.69. The van der Waals surface area contributed by atoms with E-state index in [1.165, 1.54) is 0 Å². The molecule has 2 rings (SSSR count). The van der Waals surface area contributed by atoms with Crippen molar-refractivity contribution in [1.29, 1.82) is 0 Å². The first kappa shape index (κ1) is 16.4. The lowest BCUT2D eigenvalue weighted by molar-refractivity contribution is -0.160. The number of carbonyl (C=O) groups is 1. The van der Waals surface area contributed by atoms with Gasteiger partial charge in [0.2, 0.25) is 0 Å². The summed E-state index contributed by atoms with van der Waals surface area (Å²) in [6, 6.07) is -0.109. The van der Waals surface area contributed by atoms with Crippen LogP contribution in [-0.4, -0.2) is 62.7 Å². The summed E-state index contributed by atoms with van der Waals surface area (Å²) < 4.78 is 45.2. The van der Waals surface area contributed by atoms with Crippen LogP contribution in [0.25, 0.3) is 0 Å². The lowest BCUT2D eigenvalue weighted by atomic mass is 10.0. The summed E-state index contributed by atoms with van der Waals surface area (Å²) in [5.41, 5.74) is 0. The third-order valence-corrected chi connectivity index (χ3v) is 3.82. The first-order valence-corrected chi connectivity index (χ1v) is 7.22. The first-order valence-electron chi connectivity index (χ1n) is 7.22. The van der Waals surface area contributed by atoms with E-state index in [0.29, 0.717) is 5.92 Å². The normalized spacial score (nSPS) is 25.0. The molecule has 2 aliphatic rings. The Bertz CT molecular complexity index is 338. The molecule has 2 fully saturated rings. The van der Waals surface area contributed by atoms with Gasteiger partial charge in [0.05, 0.1) is 6.61 Å². The third-order valence-electron chi connectivity index (χ3n) is 3.82. The van der Waals surface area contributed by atoms with Crippen LogP contribution in [0, 0.1) is 5.92 Å². The second kappa shape index (κ2) is 7.31. The second-order valence-electron chi connectivity index (χ2n) is 5.64. The fraction of sp³-hybridized carbons (Fsp3) is 0.923. The predicted molar refractivity (Wildman–Crippen MR) is 68.9 cm³/mol. The zero-order chi connectivity index (χ0) is 15.3. The fourth-order valence-corrected chi connectivity index (χ4v) is 2.71. The highest BCUT2D eigenvalue weighted by atomic mass is 19.4. The zero-order valence-corrected chi connectivity index (χ0v) is 11.8. The Balaban J connectivity index is 1.61. The van der Waals surface area contributed by atoms with Crippen molar-refractivity contribution in [2.75, 3.05) is 39.5 Å². The smallest absolute Gasteiger partial charge is 0.422 e. The number of ether oxygens (including phenoxy) is 2. The maximum Gasteiger partial charge on any atom is 0.422 e. The van der Waals surface area contributed by atoms with Crippen LogP contribution in [0.1, 0.15) is 19.3 Å². The molecule has 0 saturated carbocycles. The molecule has 8 heteroatoms. The van der Waals surface area contributed by atoms with Crippen molar-refractivity contribution in [3.8, 4) is 0 Å². The van der Waals surface area contributed by atoms with E-state index in [-0.39, 0.29) is 6.04 Å². The van der Waals surface area contributed by atoms with Gasteiger partial charge in [-0.25, -0.2) is 4.79 Å². The molecule has 2 heterocycles. The second-order valence-corrected chi connectivity index (χ2v) is 5.64. The van der Waals surface area contributed by atoms with E-state index < -0.39 is 18.9 Å². The molecule has 0 aromatic heterocycles. The number of amides is 1. The number of hydrogen-bond acceptors (Lipinski definition) is 4. The van der Waals surface area contributed by atoms with E-state index in [4.69, 9.17) is 4.74 Å². The average Bonchev–Trinajstić information content (AvgIpc) is 2.91. The molecule has 0 aromatic carbocycles. The van der Waals surface area contributed by atoms with Crippen LogP contribution in [0.4, 0.5) is 18.0 Å². The van der Waals surface area contributed by atoms with Crippen molar-refractivity contribution in [2.24, 2.45) is 5.92 Å². The Morgan fingerprint density at radius 2 is 2.00 bits per heavy atom. The lowest BCUT2D eigenvalue weighted by Crippen LogP contribution is -2.46. The van der Waals surface area contributed by atoms with Crippen LogP contribution in [-0.2, 0) is 9.47 Å². The Labute approximate surface area is 121 Å². The van der Waals surface area contributed by atoms with Gasteiger partial charge in [-0.15, -0.1) is 0 Å². The summed E-state index contributed by atoms with van der Waals surface area (Å²) >= 11 is 0. The highest BCUT2D eigenvalue weighted by Gasteiger charge is 2.30. The monoisotopic (exact) mass is 310 g/mol. The molecule has 1 N–H and O–H groups in total. The number of alkyl carbamates (subject to hydrolysis) is 1. The van der Waals surface area contributed by atoms with Crippen molar-refractivity contribution < 1.29 is 27.4 Å². The van der Waals surface area contributed by atoms with Crippen molar-refractivity contribution >= 4 is 6.09 Å². The number of hydrogen-bond donors (Lipinski definition) is 1. The van der Waals surface area contributed by atoms with Crippen LogP contribution in [0.5, 0.6) is 0 Å². The summed E-state index contributed by atoms with van der Waals surface area (Å²) in [7, 11) is 0. The van der Waals surface area contributed by atoms with Crippen LogP contribution < -0.4 is 5.32 Å². The van der Waals surface area contributed by atoms with Crippen molar-refractivity contribution in [2.45, 2.75) is 31.5 Å². The highest BCUT2D eigenvalue weighted by Crippen LogP contribution is 2.18. The van der Waals surface area contributed by atoms with Gasteiger partial charge in [-0.05, 0) is 25.2 Å². The molecular weight excluding hydrogens is 289 g/mol. The Morgan fingerprint density at radius 3 is 2.57 bits per heavy atom. The summed E-state index contributed by atoms with van der Waals surface area (Å²) in [4.78, 5) is 13.6. The molecule has 122 valence electrons. The van der Waals surface area contributed by atoms with Gasteiger partial charge >= 0.3 is 12.3 Å². The highest BCUT2D eigenvalue weighted by molar-refractivity contribution is 5.67. The average molecular weight is 310 g/mol. The first-order chi connectivity index (χ1) is 9.92. The van der Waals surface area contributed by atoms with Gasteiger partial charge in [-0.3, -0.25) is 0 Å². The van der Waals surface area contributed by atoms with Crippen molar-refractivity contribution in [1.82, 2.24) is 10.2 Å². The number of rotatable bonds is 4. The number of carbonyl (C=O) groups excluding carboxylic acids is 1. The Morgan fingerprint density at radius 1 is 1.29 bits per heavy atom. The van der Waals surface area contributed by atoms with Crippen LogP contribution in [0.2, 0.25) is 0 Å². The number of halogens is 3. The maximum absolute atomic E-state index is 11.9. The van der Waals surface area contributed by atoms with Crippen LogP contribution in [0.15, 0.2) is 0 Å². The molecule has 2 aliphatic heterocycles. The molecule has 21 heavy (non-hydrogen) atoms. The standard InChI is InChI=1S/C13H21F3N2O3/c14-13(15,16)9-21-12(19)17-11-1-4-18(5-2-11)7-10-3-6-20-8-10/h10-11H,1-9H2,(H,17,19). The molecule has 1 atom stereocenters. The minimum atomic E-state index is -4.48. The quantitative estimate of drug-likeness (QED) is 0.860. The molecule has 0 spiro atoms. The minimum Gasteiger partial charge on any atom is -0.440 e. The molecule has 5 nitrogen and oxygen atoms in total. The van der Waals surface area contributed by atoms with Crippen molar-refractivity contribution in [3.63, 3.8) is 0 Å². The predicted octanol–water partition coefficient (Wildman–Crippen LogP) is 1.78. The molecule has 1 unspecified atom stereocenters. The summed E-state index contributed by atoms with van der Waals surface area (Å²) in [5.74, 6) is 0.575. The van der Waals surface area contributed by atoms with E-state index in [9.17, 15) is 18.0 Å². The van der Waals surface area contributed by atoms with E-state index in [1.807, 2.05) is 0 Å². The number of nitrogens with one attached hydrogen (secondary N) is 1. The number of likely N-dealkylation sites (tertiary alicyclic amines) is 1. The zero-order valence-electron chi connectivity index (χ0n) is 11.8. The third kappa shape index (κ3) is 6.09. The van der Waals surface area contributed by atoms with E-state index in [2.05, 4.69) is 15.0 Å². The SMILES string of the molecule is O=C(NC1CCN(CC2CCOC2)CC1)OCC(F)(F)F. The molecular formula is C13H21F3N2O3. The molecule has 1 amide bonds. The van der Waals surface area contributed by atoms with Gasteiger partial charge in [0.1, 0.15) is 0 Å². The largest absolute Gasteiger partial charge is 0.440 e. The van der Waals surface area contributed by atoms with Gasteiger partial charge in [-0.1, -0.05) is 0 Å². The van der Waals surface area contributed by atoms with Crippen molar-refractivity contribution in [3.05, 3.63) is 0 Å². The van der Waals surface area contributed by atoms with E-state index in [0.717, 1.165) is 52.1 Å². The minimum absolute atomic E-state index is 0.109.